The van der Waals surface area contributed by atoms with E-state index in [-0.39, 0.29) is 5.82 Å². The number of nitrogens with one attached hydrogen (secondary N) is 1. The van der Waals surface area contributed by atoms with Crippen molar-refractivity contribution in [1.82, 2.24) is 5.32 Å². The minimum atomic E-state index is -0.185. The van der Waals surface area contributed by atoms with E-state index in [2.05, 4.69) is 12.2 Å². The summed E-state index contributed by atoms with van der Waals surface area (Å²) in [5.74, 6) is 0.622. The van der Waals surface area contributed by atoms with E-state index in [4.69, 9.17) is 4.74 Å². The third kappa shape index (κ3) is 4.30. The zero-order chi connectivity index (χ0) is 15.1. The summed E-state index contributed by atoms with van der Waals surface area (Å²) in [5.41, 5.74) is 2.46. The van der Waals surface area contributed by atoms with Crippen molar-refractivity contribution in [3.05, 3.63) is 53.8 Å². The molecule has 0 unspecified atom stereocenters. The molecule has 0 spiro atoms. The number of halogens is 1. The van der Waals surface area contributed by atoms with Crippen molar-refractivity contribution in [3.8, 4) is 16.9 Å². The molecule has 0 fully saturated rings. The monoisotopic (exact) mass is 287 g/mol. The fourth-order valence-corrected chi connectivity index (χ4v) is 2.21. The molecule has 0 atom stereocenters. The Morgan fingerprint density at radius 1 is 1.05 bits per heavy atom. The van der Waals surface area contributed by atoms with Gasteiger partial charge in [-0.25, -0.2) is 4.39 Å². The van der Waals surface area contributed by atoms with E-state index < -0.39 is 0 Å². The fraction of sp³-hybridized carbons (Fsp3) is 0.333. The average molecular weight is 287 g/mol. The molecule has 1 N–H and O–H groups in total. The van der Waals surface area contributed by atoms with Gasteiger partial charge in [0.05, 0.1) is 6.61 Å². The minimum absolute atomic E-state index is 0.185. The predicted octanol–water partition coefficient (Wildman–Crippen LogP) is 4.39. The van der Waals surface area contributed by atoms with Crippen LogP contribution in [0.2, 0.25) is 0 Å². The van der Waals surface area contributed by atoms with Crippen LogP contribution in [-0.4, -0.2) is 13.2 Å². The van der Waals surface area contributed by atoms with E-state index in [9.17, 15) is 4.39 Å². The average Bonchev–Trinajstić information content (AvgIpc) is 2.49. The Bertz CT molecular complexity index is 566. The van der Waals surface area contributed by atoms with E-state index in [1.807, 2.05) is 43.3 Å². The maximum absolute atomic E-state index is 14.2. The molecule has 2 aromatic carbocycles. The maximum Gasteiger partial charge on any atom is 0.131 e. The van der Waals surface area contributed by atoms with Crippen LogP contribution in [0.4, 0.5) is 4.39 Å². The summed E-state index contributed by atoms with van der Waals surface area (Å²) in [4.78, 5) is 0. The van der Waals surface area contributed by atoms with E-state index >= 15 is 0 Å². The zero-order valence-corrected chi connectivity index (χ0v) is 12.7. The van der Waals surface area contributed by atoms with Gasteiger partial charge in [0.25, 0.3) is 0 Å². The summed E-state index contributed by atoms with van der Waals surface area (Å²) in [6, 6.07) is 12.9. The SMILES string of the molecule is CCCNCc1ccc(-c2ccc(OCC)cc2)c(F)c1. The van der Waals surface area contributed by atoms with E-state index in [1.54, 1.807) is 6.07 Å². The molecular weight excluding hydrogens is 265 g/mol. The Hall–Kier alpha value is -1.87. The predicted molar refractivity (Wildman–Crippen MR) is 85.0 cm³/mol. The van der Waals surface area contributed by atoms with E-state index in [1.165, 1.54) is 0 Å². The molecule has 2 aromatic rings. The van der Waals surface area contributed by atoms with Gasteiger partial charge >= 0.3 is 0 Å². The van der Waals surface area contributed by atoms with Crippen molar-refractivity contribution < 1.29 is 9.13 Å². The summed E-state index contributed by atoms with van der Waals surface area (Å²) in [6.45, 7) is 6.34. The van der Waals surface area contributed by atoms with Gasteiger partial charge in [-0.2, -0.15) is 0 Å². The van der Waals surface area contributed by atoms with Gasteiger partial charge in [-0.05, 0) is 49.2 Å². The second-order valence-electron chi connectivity index (χ2n) is 4.95. The molecule has 21 heavy (non-hydrogen) atoms. The molecule has 0 saturated heterocycles. The summed E-state index contributed by atoms with van der Waals surface area (Å²) in [6.07, 6.45) is 1.08. The zero-order valence-electron chi connectivity index (χ0n) is 12.7. The minimum Gasteiger partial charge on any atom is -0.494 e. The molecular formula is C18H22FNO. The number of benzene rings is 2. The standard InChI is InChI=1S/C18H22FNO/c1-3-11-20-13-14-5-10-17(18(19)12-14)15-6-8-16(9-7-15)21-4-2/h5-10,12,20H,3-4,11,13H2,1-2H3. The van der Waals surface area contributed by atoms with Gasteiger partial charge in [-0.1, -0.05) is 31.2 Å². The molecule has 0 aliphatic heterocycles. The van der Waals surface area contributed by atoms with Crippen molar-refractivity contribution in [2.75, 3.05) is 13.2 Å². The van der Waals surface area contributed by atoms with Crippen LogP contribution in [0.1, 0.15) is 25.8 Å². The lowest BCUT2D eigenvalue weighted by molar-refractivity contribution is 0.340. The van der Waals surface area contributed by atoms with Crippen LogP contribution in [0, 0.1) is 5.82 Å². The first kappa shape index (κ1) is 15.5. The van der Waals surface area contributed by atoms with Gasteiger partial charge in [-0.15, -0.1) is 0 Å². The molecule has 0 radical (unpaired) electrons. The van der Waals surface area contributed by atoms with Gasteiger partial charge in [0.2, 0.25) is 0 Å². The third-order valence-corrected chi connectivity index (χ3v) is 3.27. The van der Waals surface area contributed by atoms with Crippen LogP contribution >= 0.6 is 0 Å². The van der Waals surface area contributed by atoms with Crippen molar-refractivity contribution in [1.29, 1.82) is 0 Å². The topological polar surface area (TPSA) is 21.3 Å². The van der Waals surface area contributed by atoms with Crippen molar-refractivity contribution in [2.24, 2.45) is 0 Å². The molecule has 3 heteroatoms. The van der Waals surface area contributed by atoms with Crippen molar-refractivity contribution in [3.63, 3.8) is 0 Å². The van der Waals surface area contributed by atoms with Crippen LogP contribution in [0.5, 0.6) is 5.75 Å². The molecule has 0 bridgehead atoms. The summed E-state index contributed by atoms with van der Waals surface area (Å²) < 4.78 is 19.6. The second kappa shape index (κ2) is 7.79. The van der Waals surface area contributed by atoms with Crippen LogP contribution in [0.15, 0.2) is 42.5 Å². The number of hydrogen-bond donors (Lipinski definition) is 1. The highest BCUT2D eigenvalue weighted by atomic mass is 19.1. The highest BCUT2D eigenvalue weighted by Crippen LogP contribution is 2.25. The van der Waals surface area contributed by atoms with Gasteiger partial charge in [0, 0.05) is 12.1 Å². The van der Waals surface area contributed by atoms with Gasteiger partial charge in [0.15, 0.2) is 0 Å². The molecule has 112 valence electrons. The third-order valence-electron chi connectivity index (χ3n) is 3.27. The molecule has 0 aromatic heterocycles. The molecule has 0 saturated carbocycles. The first-order valence-corrected chi connectivity index (χ1v) is 7.47. The van der Waals surface area contributed by atoms with Gasteiger partial charge in [-0.3, -0.25) is 0 Å². The Balaban J connectivity index is 2.12. The Morgan fingerprint density at radius 3 is 2.43 bits per heavy atom. The summed E-state index contributed by atoms with van der Waals surface area (Å²) in [7, 11) is 0. The first-order valence-electron chi connectivity index (χ1n) is 7.47. The molecule has 0 amide bonds. The number of hydrogen-bond acceptors (Lipinski definition) is 2. The highest BCUT2D eigenvalue weighted by Gasteiger charge is 2.06. The molecule has 2 nitrogen and oxygen atoms in total. The maximum atomic E-state index is 14.2. The Morgan fingerprint density at radius 2 is 1.81 bits per heavy atom. The van der Waals surface area contributed by atoms with Gasteiger partial charge in [0.1, 0.15) is 11.6 Å². The molecule has 2 rings (SSSR count). The smallest absolute Gasteiger partial charge is 0.131 e. The summed E-state index contributed by atoms with van der Waals surface area (Å²) >= 11 is 0. The van der Waals surface area contributed by atoms with Crippen LogP contribution in [-0.2, 0) is 6.54 Å². The van der Waals surface area contributed by atoms with Crippen molar-refractivity contribution in [2.45, 2.75) is 26.8 Å². The fourth-order valence-electron chi connectivity index (χ4n) is 2.21. The lowest BCUT2D eigenvalue weighted by atomic mass is 10.0. The Labute approximate surface area is 126 Å². The van der Waals surface area contributed by atoms with Gasteiger partial charge < -0.3 is 10.1 Å². The van der Waals surface area contributed by atoms with E-state index in [0.29, 0.717) is 18.7 Å². The molecule has 0 heterocycles. The van der Waals surface area contributed by atoms with Crippen molar-refractivity contribution >= 4 is 0 Å². The number of rotatable bonds is 7. The van der Waals surface area contributed by atoms with E-state index in [0.717, 1.165) is 29.8 Å². The van der Waals surface area contributed by atoms with Crippen LogP contribution < -0.4 is 10.1 Å². The second-order valence-corrected chi connectivity index (χ2v) is 4.95. The first-order chi connectivity index (χ1) is 10.2. The quantitative estimate of drug-likeness (QED) is 0.763. The number of ether oxygens (including phenoxy) is 1. The molecule has 0 aliphatic rings. The summed E-state index contributed by atoms with van der Waals surface area (Å²) in [5, 5.41) is 3.28. The van der Waals surface area contributed by atoms with Crippen LogP contribution in [0.3, 0.4) is 0 Å². The Kier molecular flexibility index (Phi) is 5.76. The highest BCUT2D eigenvalue weighted by molar-refractivity contribution is 5.65. The lowest BCUT2D eigenvalue weighted by Crippen LogP contribution is -2.13. The lowest BCUT2D eigenvalue weighted by Gasteiger charge is -2.09. The normalized spacial score (nSPS) is 10.6. The molecule has 0 aliphatic carbocycles. The van der Waals surface area contributed by atoms with Crippen LogP contribution in [0.25, 0.3) is 11.1 Å². The largest absolute Gasteiger partial charge is 0.494 e.